The molecule has 1 aromatic carbocycles. The van der Waals surface area contributed by atoms with E-state index in [1.807, 2.05) is 18.9 Å². The van der Waals surface area contributed by atoms with Gasteiger partial charge in [-0.1, -0.05) is 29.8 Å². The lowest BCUT2D eigenvalue weighted by Gasteiger charge is -2.17. The number of nitrogens with zero attached hydrogens (tertiary/aromatic N) is 3. The molecule has 0 amide bonds. The smallest absolute Gasteiger partial charge is 0.218 e. The van der Waals surface area contributed by atoms with Gasteiger partial charge in [0.2, 0.25) is 5.95 Å². The number of anilines is 1. The zero-order valence-electron chi connectivity index (χ0n) is 9.89. The van der Waals surface area contributed by atoms with Crippen LogP contribution in [0.25, 0.3) is 0 Å². The maximum Gasteiger partial charge on any atom is 0.218 e. The van der Waals surface area contributed by atoms with Crippen molar-refractivity contribution in [3.63, 3.8) is 0 Å². The Morgan fingerprint density at radius 1 is 1.18 bits per heavy atom. The molecule has 0 atom stereocenters. The first-order valence-electron chi connectivity index (χ1n) is 5.39. The molecule has 0 saturated heterocycles. The number of hydrogen-bond donors (Lipinski definition) is 0. The normalized spacial score (nSPS) is 10.3. The molecule has 0 radical (unpaired) electrons. The first-order valence-corrected chi connectivity index (χ1v) is 5.39. The van der Waals surface area contributed by atoms with Crippen LogP contribution in [0.1, 0.15) is 11.1 Å². The number of rotatable bonds is 3. The van der Waals surface area contributed by atoms with Gasteiger partial charge in [0, 0.05) is 19.7 Å². The van der Waals surface area contributed by atoms with Gasteiger partial charge in [0.25, 0.3) is 0 Å². The Morgan fingerprint density at radius 2 is 1.88 bits per heavy atom. The molecule has 2 aromatic rings. The van der Waals surface area contributed by atoms with E-state index in [1.54, 1.807) is 0 Å². The van der Waals surface area contributed by atoms with Crippen molar-refractivity contribution in [1.29, 1.82) is 0 Å². The standard InChI is InChI=1S/C13H14FN3/c1-10-3-5-11(6-4-10)8-17(2)13-7-12(14)15-9-16-13/h3-7,9H,8H2,1-2H3. The molecular weight excluding hydrogens is 217 g/mol. The quantitative estimate of drug-likeness (QED) is 0.760. The molecule has 0 saturated carbocycles. The van der Waals surface area contributed by atoms with E-state index >= 15 is 0 Å². The lowest BCUT2D eigenvalue weighted by molar-refractivity contribution is 0.578. The molecule has 0 bridgehead atoms. The fourth-order valence-electron chi connectivity index (χ4n) is 1.58. The van der Waals surface area contributed by atoms with Gasteiger partial charge in [-0.05, 0) is 12.5 Å². The van der Waals surface area contributed by atoms with Crippen molar-refractivity contribution >= 4 is 5.82 Å². The molecule has 1 aromatic heterocycles. The Hall–Kier alpha value is -1.97. The summed E-state index contributed by atoms with van der Waals surface area (Å²) < 4.78 is 12.9. The highest BCUT2D eigenvalue weighted by atomic mass is 19.1. The van der Waals surface area contributed by atoms with Gasteiger partial charge in [-0.25, -0.2) is 9.97 Å². The molecule has 88 valence electrons. The minimum atomic E-state index is -0.509. The lowest BCUT2D eigenvalue weighted by Crippen LogP contribution is -2.17. The number of halogens is 1. The third-order valence-corrected chi connectivity index (χ3v) is 2.55. The summed E-state index contributed by atoms with van der Waals surface area (Å²) in [6.07, 6.45) is 1.23. The summed E-state index contributed by atoms with van der Waals surface area (Å²) in [5, 5.41) is 0. The summed E-state index contributed by atoms with van der Waals surface area (Å²) in [5.74, 6) is 0.0730. The van der Waals surface area contributed by atoms with Gasteiger partial charge >= 0.3 is 0 Å². The molecule has 0 aliphatic rings. The number of aryl methyl sites for hydroxylation is 1. The number of benzene rings is 1. The van der Waals surface area contributed by atoms with Gasteiger partial charge in [0.05, 0.1) is 0 Å². The van der Waals surface area contributed by atoms with E-state index < -0.39 is 5.95 Å². The van der Waals surface area contributed by atoms with Crippen molar-refractivity contribution in [2.45, 2.75) is 13.5 Å². The van der Waals surface area contributed by atoms with Gasteiger partial charge in [0.1, 0.15) is 12.1 Å². The van der Waals surface area contributed by atoms with Crippen LogP contribution in [0.4, 0.5) is 10.2 Å². The minimum Gasteiger partial charge on any atom is -0.355 e. The van der Waals surface area contributed by atoms with Crippen molar-refractivity contribution in [3.05, 3.63) is 53.7 Å². The molecule has 17 heavy (non-hydrogen) atoms. The van der Waals surface area contributed by atoms with Gasteiger partial charge in [-0.2, -0.15) is 4.39 Å². The Balaban J connectivity index is 2.11. The Bertz CT molecular complexity index is 496. The monoisotopic (exact) mass is 231 g/mol. The average molecular weight is 231 g/mol. The van der Waals surface area contributed by atoms with E-state index in [0.29, 0.717) is 12.4 Å². The first-order chi connectivity index (χ1) is 8.15. The minimum absolute atomic E-state index is 0.509. The molecule has 0 aliphatic carbocycles. The SMILES string of the molecule is Cc1ccc(CN(C)c2cc(F)ncn2)cc1. The molecule has 2 rings (SSSR count). The summed E-state index contributed by atoms with van der Waals surface area (Å²) >= 11 is 0. The Kier molecular flexibility index (Phi) is 3.32. The third-order valence-electron chi connectivity index (χ3n) is 2.55. The fraction of sp³-hybridized carbons (Fsp3) is 0.231. The van der Waals surface area contributed by atoms with Crippen LogP contribution in [0.5, 0.6) is 0 Å². The van der Waals surface area contributed by atoms with Crippen molar-refractivity contribution in [2.75, 3.05) is 11.9 Å². The van der Waals surface area contributed by atoms with E-state index in [9.17, 15) is 4.39 Å². The van der Waals surface area contributed by atoms with Crippen LogP contribution in [0, 0.1) is 12.9 Å². The van der Waals surface area contributed by atoms with Crippen LogP contribution in [-0.2, 0) is 6.54 Å². The summed E-state index contributed by atoms with van der Waals surface area (Å²) in [6, 6.07) is 9.56. The molecular formula is C13H14FN3. The van der Waals surface area contributed by atoms with Crippen LogP contribution in [0.3, 0.4) is 0 Å². The number of hydrogen-bond acceptors (Lipinski definition) is 3. The lowest BCUT2D eigenvalue weighted by atomic mass is 10.1. The zero-order valence-corrected chi connectivity index (χ0v) is 9.89. The van der Waals surface area contributed by atoms with Gasteiger partial charge < -0.3 is 4.90 Å². The third kappa shape index (κ3) is 3.00. The highest BCUT2D eigenvalue weighted by Crippen LogP contribution is 2.12. The highest BCUT2D eigenvalue weighted by molar-refractivity contribution is 5.37. The molecule has 0 spiro atoms. The van der Waals surface area contributed by atoms with Gasteiger partial charge in [-0.15, -0.1) is 0 Å². The molecule has 1 heterocycles. The van der Waals surface area contributed by atoms with E-state index in [-0.39, 0.29) is 0 Å². The molecule has 0 unspecified atom stereocenters. The van der Waals surface area contributed by atoms with Gasteiger partial charge in [-0.3, -0.25) is 0 Å². The summed E-state index contributed by atoms with van der Waals surface area (Å²) in [7, 11) is 1.88. The van der Waals surface area contributed by atoms with E-state index in [0.717, 1.165) is 5.56 Å². The fourth-order valence-corrected chi connectivity index (χ4v) is 1.58. The second-order valence-electron chi connectivity index (χ2n) is 4.04. The van der Waals surface area contributed by atoms with Crippen molar-refractivity contribution in [1.82, 2.24) is 9.97 Å². The van der Waals surface area contributed by atoms with Crippen LogP contribution in [0.15, 0.2) is 36.7 Å². The largest absolute Gasteiger partial charge is 0.355 e. The van der Waals surface area contributed by atoms with Crippen LogP contribution < -0.4 is 4.90 Å². The van der Waals surface area contributed by atoms with Crippen molar-refractivity contribution in [3.8, 4) is 0 Å². The van der Waals surface area contributed by atoms with Gasteiger partial charge in [0.15, 0.2) is 0 Å². The van der Waals surface area contributed by atoms with Crippen molar-refractivity contribution in [2.24, 2.45) is 0 Å². The summed E-state index contributed by atoms with van der Waals surface area (Å²) in [5.41, 5.74) is 2.39. The molecule has 0 N–H and O–H groups in total. The van der Waals surface area contributed by atoms with E-state index in [2.05, 4.69) is 34.2 Å². The topological polar surface area (TPSA) is 29.0 Å². The van der Waals surface area contributed by atoms with Crippen LogP contribution >= 0.6 is 0 Å². The maximum atomic E-state index is 12.9. The average Bonchev–Trinajstić information content (AvgIpc) is 2.32. The number of aromatic nitrogens is 2. The molecule has 4 heteroatoms. The van der Waals surface area contributed by atoms with Crippen LogP contribution in [-0.4, -0.2) is 17.0 Å². The Morgan fingerprint density at radius 3 is 2.53 bits per heavy atom. The predicted molar refractivity (Wildman–Crippen MR) is 65.3 cm³/mol. The van der Waals surface area contributed by atoms with E-state index in [4.69, 9.17) is 0 Å². The van der Waals surface area contributed by atoms with Crippen molar-refractivity contribution < 1.29 is 4.39 Å². The molecule has 0 aliphatic heterocycles. The van der Waals surface area contributed by atoms with Crippen LogP contribution in [0.2, 0.25) is 0 Å². The predicted octanol–water partition coefficient (Wildman–Crippen LogP) is 2.56. The zero-order chi connectivity index (χ0) is 12.3. The molecule has 3 nitrogen and oxygen atoms in total. The summed E-state index contributed by atoms with van der Waals surface area (Å²) in [4.78, 5) is 9.35. The summed E-state index contributed by atoms with van der Waals surface area (Å²) in [6.45, 7) is 2.74. The highest BCUT2D eigenvalue weighted by Gasteiger charge is 2.04. The second kappa shape index (κ2) is 4.91. The molecule has 0 fully saturated rings. The van der Waals surface area contributed by atoms with E-state index in [1.165, 1.54) is 18.0 Å². The second-order valence-corrected chi connectivity index (χ2v) is 4.04. The Labute approximate surface area is 99.9 Å². The maximum absolute atomic E-state index is 12.9. The first kappa shape index (κ1) is 11.5.